The zero-order valence-electron chi connectivity index (χ0n) is 11.1. The lowest BCUT2D eigenvalue weighted by atomic mass is 10.1. The topological polar surface area (TPSA) is 52.3 Å². The van der Waals surface area contributed by atoms with Crippen LogP contribution in [0.15, 0.2) is 35.0 Å². The summed E-state index contributed by atoms with van der Waals surface area (Å²) < 4.78 is 47.3. The number of hydrogen-bond acceptors (Lipinski definition) is 4. The number of alkyl halides is 3. The standard InChI is InChI=1S/C14H12F3NO3/c1-9-12(8-18-21-9)13(19)20-6-5-10-3-2-4-11(7-10)14(15,16)17/h2-4,7-8H,5-6H2,1H3. The zero-order chi connectivity index (χ0) is 15.5. The van der Waals surface area contributed by atoms with Crippen LogP contribution in [0, 0.1) is 6.92 Å². The molecule has 4 nitrogen and oxygen atoms in total. The van der Waals surface area contributed by atoms with Crippen molar-refractivity contribution in [1.29, 1.82) is 0 Å². The van der Waals surface area contributed by atoms with E-state index in [0.717, 1.165) is 12.1 Å². The summed E-state index contributed by atoms with van der Waals surface area (Å²) in [5.74, 6) is -0.278. The molecule has 0 aliphatic rings. The summed E-state index contributed by atoms with van der Waals surface area (Å²) in [4.78, 5) is 11.6. The van der Waals surface area contributed by atoms with Crippen LogP contribution in [0.25, 0.3) is 0 Å². The van der Waals surface area contributed by atoms with Gasteiger partial charge in [-0.25, -0.2) is 4.79 Å². The molecule has 21 heavy (non-hydrogen) atoms. The SMILES string of the molecule is Cc1oncc1C(=O)OCCc1cccc(C(F)(F)F)c1. The molecule has 1 aromatic heterocycles. The maximum Gasteiger partial charge on any atom is 0.416 e. The Hall–Kier alpha value is -2.31. The van der Waals surface area contributed by atoms with E-state index in [1.807, 2.05) is 0 Å². The number of hydrogen-bond donors (Lipinski definition) is 0. The molecule has 0 saturated carbocycles. The van der Waals surface area contributed by atoms with E-state index < -0.39 is 17.7 Å². The Morgan fingerprint density at radius 1 is 1.38 bits per heavy atom. The van der Waals surface area contributed by atoms with Gasteiger partial charge < -0.3 is 9.26 Å². The molecule has 2 aromatic rings. The molecular formula is C14H12F3NO3. The molecular weight excluding hydrogens is 287 g/mol. The first-order chi connectivity index (χ1) is 9.88. The summed E-state index contributed by atoms with van der Waals surface area (Å²) in [6.07, 6.45) is -2.95. The first-order valence-electron chi connectivity index (χ1n) is 6.12. The summed E-state index contributed by atoms with van der Waals surface area (Å²) >= 11 is 0. The fraction of sp³-hybridized carbons (Fsp3) is 0.286. The molecule has 0 saturated heterocycles. The third-order valence-electron chi connectivity index (χ3n) is 2.85. The lowest BCUT2D eigenvalue weighted by Gasteiger charge is -2.09. The van der Waals surface area contributed by atoms with Crippen LogP contribution in [0.4, 0.5) is 13.2 Å². The third-order valence-corrected chi connectivity index (χ3v) is 2.85. The van der Waals surface area contributed by atoms with Crippen molar-refractivity contribution in [2.75, 3.05) is 6.61 Å². The number of benzene rings is 1. The van der Waals surface area contributed by atoms with E-state index in [4.69, 9.17) is 9.26 Å². The van der Waals surface area contributed by atoms with Gasteiger partial charge in [-0.05, 0) is 18.6 Å². The first kappa shape index (κ1) is 15.1. The highest BCUT2D eigenvalue weighted by Gasteiger charge is 2.30. The van der Waals surface area contributed by atoms with Gasteiger partial charge in [0.1, 0.15) is 11.3 Å². The fourth-order valence-electron chi connectivity index (χ4n) is 1.74. The van der Waals surface area contributed by atoms with Gasteiger partial charge >= 0.3 is 12.1 Å². The summed E-state index contributed by atoms with van der Waals surface area (Å²) in [7, 11) is 0. The Kier molecular flexibility index (Phi) is 4.30. The lowest BCUT2D eigenvalue weighted by molar-refractivity contribution is -0.137. The Morgan fingerprint density at radius 2 is 2.14 bits per heavy atom. The highest BCUT2D eigenvalue weighted by atomic mass is 19.4. The number of ether oxygens (including phenoxy) is 1. The van der Waals surface area contributed by atoms with Gasteiger partial charge in [-0.15, -0.1) is 0 Å². The Morgan fingerprint density at radius 3 is 2.76 bits per heavy atom. The number of halogens is 3. The highest BCUT2D eigenvalue weighted by Crippen LogP contribution is 2.29. The van der Waals surface area contributed by atoms with Crippen molar-refractivity contribution in [3.8, 4) is 0 Å². The van der Waals surface area contributed by atoms with Crippen LogP contribution in [0.3, 0.4) is 0 Å². The van der Waals surface area contributed by atoms with E-state index in [9.17, 15) is 18.0 Å². The van der Waals surface area contributed by atoms with Gasteiger partial charge in [0.05, 0.1) is 18.4 Å². The smallest absolute Gasteiger partial charge is 0.416 e. The predicted octanol–water partition coefficient (Wildman–Crippen LogP) is 3.40. The van der Waals surface area contributed by atoms with Crippen LogP contribution in [0.5, 0.6) is 0 Å². The molecule has 0 unspecified atom stereocenters. The van der Waals surface area contributed by atoms with Crippen LogP contribution >= 0.6 is 0 Å². The molecule has 2 rings (SSSR count). The normalized spacial score (nSPS) is 11.4. The number of aromatic nitrogens is 1. The van der Waals surface area contributed by atoms with Crippen molar-refractivity contribution in [1.82, 2.24) is 5.16 Å². The second kappa shape index (κ2) is 5.99. The maximum absolute atomic E-state index is 12.5. The molecule has 0 spiro atoms. The molecule has 0 amide bonds. The van der Waals surface area contributed by atoms with Crippen LogP contribution in [-0.4, -0.2) is 17.7 Å². The second-order valence-electron chi connectivity index (χ2n) is 4.38. The highest BCUT2D eigenvalue weighted by molar-refractivity contribution is 5.89. The zero-order valence-corrected chi connectivity index (χ0v) is 11.1. The molecule has 112 valence electrons. The van der Waals surface area contributed by atoms with Crippen LogP contribution in [-0.2, 0) is 17.3 Å². The molecule has 0 bridgehead atoms. The van der Waals surface area contributed by atoms with Gasteiger partial charge in [-0.1, -0.05) is 23.4 Å². The third kappa shape index (κ3) is 3.84. The Balaban J connectivity index is 1.92. The molecule has 7 heteroatoms. The second-order valence-corrected chi connectivity index (χ2v) is 4.38. The van der Waals surface area contributed by atoms with Crippen LogP contribution in [0.2, 0.25) is 0 Å². The number of carbonyl (C=O) groups is 1. The van der Waals surface area contributed by atoms with E-state index >= 15 is 0 Å². The van der Waals surface area contributed by atoms with Gasteiger partial charge in [0.25, 0.3) is 0 Å². The average Bonchev–Trinajstić information content (AvgIpc) is 2.84. The molecule has 1 heterocycles. The minimum absolute atomic E-state index is 0.0231. The molecule has 0 radical (unpaired) electrons. The van der Waals surface area contributed by atoms with E-state index in [1.54, 1.807) is 13.0 Å². The van der Waals surface area contributed by atoms with Crippen LogP contribution in [0.1, 0.15) is 27.2 Å². The number of nitrogens with zero attached hydrogens (tertiary/aromatic N) is 1. The molecule has 0 fully saturated rings. The van der Waals surface area contributed by atoms with Crippen molar-refractivity contribution < 1.29 is 27.2 Å². The number of aryl methyl sites for hydroxylation is 1. The Labute approximate surface area is 118 Å². The van der Waals surface area contributed by atoms with Crippen molar-refractivity contribution in [3.63, 3.8) is 0 Å². The van der Waals surface area contributed by atoms with Gasteiger partial charge in [0, 0.05) is 6.42 Å². The van der Waals surface area contributed by atoms with Gasteiger partial charge in [0.2, 0.25) is 0 Å². The van der Waals surface area contributed by atoms with Crippen LogP contribution < -0.4 is 0 Å². The molecule has 0 N–H and O–H groups in total. The van der Waals surface area contributed by atoms with Crippen molar-refractivity contribution in [3.05, 3.63) is 52.9 Å². The lowest BCUT2D eigenvalue weighted by Crippen LogP contribution is -2.09. The Bertz CT molecular complexity index is 634. The van der Waals surface area contributed by atoms with Crippen molar-refractivity contribution >= 4 is 5.97 Å². The van der Waals surface area contributed by atoms with Gasteiger partial charge in [-0.3, -0.25) is 0 Å². The van der Waals surface area contributed by atoms with Gasteiger partial charge in [0.15, 0.2) is 0 Å². The molecule has 0 atom stereocenters. The quantitative estimate of drug-likeness (QED) is 0.812. The summed E-state index contributed by atoms with van der Waals surface area (Å²) in [6.45, 7) is 1.54. The summed E-state index contributed by atoms with van der Waals surface area (Å²) in [6, 6.07) is 4.91. The predicted molar refractivity (Wildman–Crippen MR) is 66.7 cm³/mol. The van der Waals surface area contributed by atoms with Crippen molar-refractivity contribution in [2.24, 2.45) is 0 Å². The summed E-state index contributed by atoms with van der Waals surface area (Å²) in [5.41, 5.74) is -0.0695. The maximum atomic E-state index is 12.5. The number of rotatable bonds is 4. The molecule has 0 aliphatic carbocycles. The summed E-state index contributed by atoms with van der Waals surface area (Å²) in [5, 5.41) is 3.45. The van der Waals surface area contributed by atoms with E-state index in [2.05, 4.69) is 5.16 Å². The van der Waals surface area contributed by atoms with E-state index in [0.29, 0.717) is 11.3 Å². The fourth-order valence-corrected chi connectivity index (χ4v) is 1.74. The van der Waals surface area contributed by atoms with E-state index in [1.165, 1.54) is 12.3 Å². The molecule has 0 aliphatic heterocycles. The van der Waals surface area contributed by atoms with E-state index in [-0.39, 0.29) is 18.6 Å². The van der Waals surface area contributed by atoms with Gasteiger partial charge in [-0.2, -0.15) is 13.2 Å². The number of esters is 1. The molecule has 1 aromatic carbocycles. The van der Waals surface area contributed by atoms with Crippen molar-refractivity contribution in [2.45, 2.75) is 19.5 Å². The minimum Gasteiger partial charge on any atom is -0.462 e. The largest absolute Gasteiger partial charge is 0.462 e. The minimum atomic E-state index is -4.38. The monoisotopic (exact) mass is 299 g/mol. The number of carbonyl (C=O) groups excluding carboxylic acids is 1. The average molecular weight is 299 g/mol. The first-order valence-corrected chi connectivity index (χ1v) is 6.12.